The summed E-state index contributed by atoms with van der Waals surface area (Å²) in [6.07, 6.45) is 1.61. The van der Waals surface area contributed by atoms with E-state index in [0.29, 0.717) is 12.5 Å². The fourth-order valence-electron chi connectivity index (χ4n) is 1.87. The first-order chi connectivity index (χ1) is 7.27. The van der Waals surface area contributed by atoms with Gasteiger partial charge in [0.05, 0.1) is 6.42 Å². The van der Waals surface area contributed by atoms with Gasteiger partial charge in [0.25, 0.3) is 0 Å². The van der Waals surface area contributed by atoms with Crippen LogP contribution in [0, 0.1) is 0 Å². The molecule has 0 aromatic carbocycles. The van der Waals surface area contributed by atoms with Gasteiger partial charge in [-0.05, 0) is 35.4 Å². The molecule has 5 heteroatoms. The minimum absolute atomic E-state index is 0. The van der Waals surface area contributed by atoms with Crippen LogP contribution in [0.5, 0.6) is 0 Å². The van der Waals surface area contributed by atoms with E-state index < -0.39 is 0 Å². The predicted molar refractivity (Wildman–Crippen MR) is 69.3 cm³/mol. The maximum Gasteiger partial charge on any atom is 0.227 e. The van der Waals surface area contributed by atoms with E-state index in [2.05, 4.69) is 5.32 Å². The summed E-state index contributed by atoms with van der Waals surface area (Å²) in [5.74, 6) is 0.224. The Bertz CT molecular complexity index is 323. The molecule has 1 fully saturated rings. The second-order valence-corrected chi connectivity index (χ2v) is 4.74. The number of likely N-dealkylation sites (N-methyl/N-ethyl adjacent to an activating group) is 1. The van der Waals surface area contributed by atoms with Gasteiger partial charge in [0.2, 0.25) is 5.91 Å². The molecule has 3 nitrogen and oxygen atoms in total. The van der Waals surface area contributed by atoms with Crippen LogP contribution in [-0.4, -0.2) is 37.0 Å². The van der Waals surface area contributed by atoms with E-state index >= 15 is 0 Å². The number of hydrogen-bond acceptors (Lipinski definition) is 3. The van der Waals surface area contributed by atoms with E-state index in [-0.39, 0.29) is 18.3 Å². The van der Waals surface area contributed by atoms with Gasteiger partial charge in [-0.15, -0.1) is 12.4 Å². The number of nitrogens with zero attached hydrogens (tertiary/aromatic N) is 1. The topological polar surface area (TPSA) is 32.3 Å². The van der Waals surface area contributed by atoms with Crippen LogP contribution >= 0.6 is 23.7 Å². The van der Waals surface area contributed by atoms with Crippen LogP contribution in [0.25, 0.3) is 0 Å². The molecule has 0 aliphatic carbocycles. The maximum absolute atomic E-state index is 11.9. The molecule has 1 aromatic rings. The van der Waals surface area contributed by atoms with Crippen LogP contribution in [-0.2, 0) is 11.2 Å². The van der Waals surface area contributed by atoms with Crippen molar-refractivity contribution in [2.75, 3.05) is 20.1 Å². The fraction of sp³-hybridized carbons (Fsp3) is 0.545. The summed E-state index contributed by atoms with van der Waals surface area (Å²) < 4.78 is 0. The monoisotopic (exact) mass is 260 g/mol. The Morgan fingerprint density at radius 3 is 3.06 bits per heavy atom. The lowest BCUT2D eigenvalue weighted by Crippen LogP contribution is -2.39. The minimum Gasteiger partial charge on any atom is -0.341 e. The van der Waals surface area contributed by atoms with Crippen LogP contribution < -0.4 is 5.32 Å². The third kappa shape index (κ3) is 3.20. The van der Waals surface area contributed by atoms with E-state index in [1.54, 1.807) is 11.3 Å². The summed E-state index contributed by atoms with van der Waals surface area (Å²) in [6, 6.07) is 2.40. The highest BCUT2D eigenvalue weighted by molar-refractivity contribution is 7.07. The second kappa shape index (κ2) is 6.23. The molecule has 90 valence electrons. The van der Waals surface area contributed by atoms with Gasteiger partial charge in [-0.3, -0.25) is 4.79 Å². The Morgan fingerprint density at radius 1 is 1.69 bits per heavy atom. The van der Waals surface area contributed by atoms with Gasteiger partial charge in [0.15, 0.2) is 0 Å². The summed E-state index contributed by atoms with van der Waals surface area (Å²) in [7, 11) is 1.91. The Hall–Kier alpha value is -0.580. The highest BCUT2D eigenvalue weighted by atomic mass is 35.5. The van der Waals surface area contributed by atoms with Crippen molar-refractivity contribution in [3.05, 3.63) is 22.4 Å². The standard InChI is InChI=1S/C11H16N2OS.ClH/c1-13(10-2-4-12-7-10)11(14)6-9-3-5-15-8-9;/h3,5,8,10,12H,2,4,6-7H2,1H3;1H/t10-;/m1./s1. The summed E-state index contributed by atoms with van der Waals surface area (Å²) in [5.41, 5.74) is 1.13. The van der Waals surface area contributed by atoms with Crippen molar-refractivity contribution in [2.45, 2.75) is 18.9 Å². The molecule has 1 aliphatic heterocycles. The van der Waals surface area contributed by atoms with Gasteiger partial charge >= 0.3 is 0 Å². The minimum atomic E-state index is 0. The van der Waals surface area contributed by atoms with E-state index in [9.17, 15) is 4.79 Å². The third-order valence-corrected chi connectivity index (χ3v) is 3.64. The Morgan fingerprint density at radius 2 is 2.50 bits per heavy atom. The SMILES string of the molecule is CN(C(=O)Cc1ccsc1)[C@@H]1CCNC1.Cl. The van der Waals surface area contributed by atoms with Crippen molar-refractivity contribution < 1.29 is 4.79 Å². The second-order valence-electron chi connectivity index (χ2n) is 3.96. The molecule has 0 unspecified atom stereocenters. The molecule has 1 aromatic heterocycles. The van der Waals surface area contributed by atoms with Crippen LogP contribution in [0.15, 0.2) is 16.8 Å². The molecule has 0 radical (unpaired) electrons. The number of nitrogens with one attached hydrogen (secondary N) is 1. The third-order valence-electron chi connectivity index (χ3n) is 2.91. The lowest BCUT2D eigenvalue weighted by atomic mass is 10.2. The highest BCUT2D eigenvalue weighted by Crippen LogP contribution is 2.11. The molecule has 1 aliphatic rings. The van der Waals surface area contributed by atoms with E-state index in [1.807, 2.05) is 28.8 Å². The molecule has 0 spiro atoms. The molecule has 2 heterocycles. The number of carbonyl (C=O) groups is 1. The number of carbonyl (C=O) groups excluding carboxylic acids is 1. The molecule has 1 saturated heterocycles. The zero-order valence-corrected chi connectivity index (χ0v) is 10.9. The van der Waals surface area contributed by atoms with Gasteiger partial charge in [-0.25, -0.2) is 0 Å². The number of rotatable bonds is 3. The Kier molecular flexibility index (Phi) is 5.25. The molecular weight excluding hydrogens is 244 g/mol. The van der Waals surface area contributed by atoms with Crippen LogP contribution in [0.1, 0.15) is 12.0 Å². The molecule has 16 heavy (non-hydrogen) atoms. The van der Waals surface area contributed by atoms with Gasteiger partial charge in [-0.2, -0.15) is 11.3 Å². The largest absolute Gasteiger partial charge is 0.341 e. The molecule has 0 saturated carbocycles. The average molecular weight is 261 g/mol. The predicted octanol–water partition coefficient (Wildman–Crippen LogP) is 1.53. The Labute approximate surface area is 106 Å². The van der Waals surface area contributed by atoms with Crippen LogP contribution in [0.2, 0.25) is 0 Å². The zero-order valence-electron chi connectivity index (χ0n) is 9.31. The van der Waals surface area contributed by atoms with Gasteiger partial charge < -0.3 is 10.2 Å². The van der Waals surface area contributed by atoms with Crippen molar-refractivity contribution in [3.8, 4) is 0 Å². The molecule has 1 N–H and O–H groups in total. The summed E-state index contributed by atoms with van der Waals surface area (Å²) in [4.78, 5) is 13.8. The number of thiophene rings is 1. The van der Waals surface area contributed by atoms with Gasteiger partial charge in [0.1, 0.15) is 0 Å². The van der Waals surface area contributed by atoms with Crippen LogP contribution in [0.3, 0.4) is 0 Å². The fourth-order valence-corrected chi connectivity index (χ4v) is 2.53. The lowest BCUT2D eigenvalue weighted by molar-refractivity contribution is -0.130. The summed E-state index contributed by atoms with van der Waals surface area (Å²) in [5, 5.41) is 7.33. The van der Waals surface area contributed by atoms with E-state index in [4.69, 9.17) is 0 Å². The van der Waals surface area contributed by atoms with Crippen molar-refractivity contribution in [3.63, 3.8) is 0 Å². The molecule has 2 rings (SSSR count). The van der Waals surface area contributed by atoms with E-state index in [0.717, 1.165) is 25.1 Å². The quantitative estimate of drug-likeness (QED) is 0.894. The van der Waals surface area contributed by atoms with Gasteiger partial charge in [-0.1, -0.05) is 0 Å². The Balaban J connectivity index is 0.00000128. The van der Waals surface area contributed by atoms with Crippen molar-refractivity contribution in [1.29, 1.82) is 0 Å². The summed E-state index contributed by atoms with van der Waals surface area (Å²) >= 11 is 1.64. The first kappa shape index (κ1) is 13.5. The van der Waals surface area contributed by atoms with Crippen LogP contribution in [0.4, 0.5) is 0 Å². The smallest absolute Gasteiger partial charge is 0.227 e. The lowest BCUT2D eigenvalue weighted by Gasteiger charge is -2.23. The average Bonchev–Trinajstić information content (AvgIpc) is 2.88. The molecule has 1 amide bonds. The number of halogens is 1. The molecular formula is C11H17ClN2OS. The highest BCUT2D eigenvalue weighted by Gasteiger charge is 2.22. The molecule has 0 bridgehead atoms. The molecule has 1 atom stereocenters. The number of hydrogen-bond donors (Lipinski definition) is 1. The normalized spacial score (nSPS) is 19.2. The maximum atomic E-state index is 11.9. The van der Waals surface area contributed by atoms with Crippen molar-refractivity contribution in [1.82, 2.24) is 10.2 Å². The van der Waals surface area contributed by atoms with Crippen molar-refractivity contribution >= 4 is 29.7 Å². The number of amides is 1. The first-order valence-electron chi connectivity index (χ1n) is 5.25. The van der Waals surface area contributed by atoms with Crippen molar-refractivity contribution in [2.24, 2.45) is 0 Å². The zero-order chi connectivity index (χ0) is 10.7. The first-order valence-corrected chi connectivity index (χ1v) is 6.19. The summed E-state index contributed by atoms with van der Waals surface area (Å²) in [6.45, 7) is 1.96. The van der Waals surface area contributed by atoms with E-state index in [1.165, 1.54) is 0 Å². The van der Waals surface area contributed by atoms with Gasteiger partial charge in [0, 0.05) is 19.6 Å².